The molecular formula is C13H23NO5S. The topological polar surface area (TPSA) is 101 Å². The summed E-state index contributed by atoms with van der Waals surface area (Å²) >= 11 is 0. The fourth-order valence-corrected chi connectivity index (χ4v) is 3.07. The van der Waals surface area contributed by atoms with E-state index in [9.17, 15) is 23.1 Å². The van der Waals surface area contributed by atoms with Crippen molar-refractivity contribution < 1.29 is 23.1 Å². The highest BCUT2D eigenvalue weighted by atomic mass is 32.2. The minimum absolute atomic E-state index is 0.344. The number of nitrogens with one attached hydrogen (secondary N) is 1. The van der Waals surface area contributed by atoms with Gasteiger partial charge in [-0.2, -0.15) is 0 Å². The van der Waals surface area contributed by atoms with Crippen molar-refractivity contribution in [2.75, 3.05) is 5.75 Å². The molecule has 0 aromatic rings. The molecule has 0 aromatic carbocycles. The zero-order valence-corrected chi connectivity index (χ0v) is 13.0. The molecular weight excluding hydrogens is 282 g/mol. The molecule has 116 valence electrons. The summed E-state index contributed by atoms with van der Waals surface area (Å²) in [4.78, 5) is 23.3. The van der Waals surface area contributed by atoms with Crippen LogP contribution in [-0.2, 0) is 19.4 Å². The summed E-state index contributed by atoms with van der Waals surface area (Å²) in [5.41, 5.74) is -1.31. The lowest BCUT2D eigenvalue weighted by atomic mass is 9.77. The molecule has 6 nitrogen and oxygen atoms in total. The highest BCUT2D eigenvalue weighted by molar-refractivity contribution is 7.92. The Morgan fingerprint density at radius 1 is 1.30 bits per heavy atom. The maximum absolute atomic E-state index is 11.9. The molecule has 0 spiro atoms. The third-order valence-electron chi connectivity index (χ3n) is 3.97. The molecule has 7 heteroatoms. The normalized spacial score (nSPS) is 27.3. The summed E-state index contributed by atoms with van der Waals surface area (Å²) in [7, 11) is -3.52. The van der Waals surface area contributed by atoms with E-state index in [1.54, 1.807) is 0 Å². The summed E-state index contributed by atoms with van der Waals surface area (Å²) in [6, 6.07) is 0. The van der Waals surface area contributed by atoms with Gasteiger partial charge in [-0.25, -0.2) is 13.2 Å². The van der Waals surface area contributed by atoms with Crippen molar-refractivity contribution in [2.24, 2.45) is 5.92 Å². The lowest BCUT2D eigenvalue weighted by Crippen LogP contribution is -2.57. The number of carbonyl (C=O) groups excluding carboxylic acids is 1. The van der Waals surface area contributed by atoms with Gasteiger partial charge in [0.1, 0.15) is 11.3 Å². The average Bonchev–Trinajstić information content (AvgIpc) is 2.31. The van der Waals surface area contributed by atoms with Crippen LogP contribution in [0.1, 0.15) is 46.5 Å². The van der Waals surface area contributed by atoms with Gasteiger partial charge in [-0.1, -0.05) is 6.92 Å². The van der Waals surface area contributed by atoms with Gasteiger partial charge in [0.05, 0.1) is 5.25 Å². The molecule has 0 atom stereocenters. The number of carboxylic acids is 1. The lowest BCUT2D eigenvalue weighted by molar-refractivity contribution is -0.149. The summed E-state index contributed by atoms with van der Waals surface area (Å²) in [6.45, 7) is 5.03. The van der Waals surface area contributed by atoms with E-state index < -0.39 is 38.3 Å². The standard InChI is InChI=1S/C13H23NO5S/c1-9(2)20(18,19)8-11(15)14-13(12(16)17)6-4-10(3)5-7-13/h9-10H,4-8H2,1-3H3,(H,14,15)(H,16,17). The van der Waals surface area contributed by atoms with Gasteiger partial charge in [0.2, 0.25) is 5.91 Å². The van der Waals surface area contributed by atoms with Gasteiger partial charge in [0.25, 0.3) is 0 Å². The van der Waals surface area contributed by atoms with Crippen LogP contribution in [0.5, 0.6) is 0 Å². The molecule has 1 aliphatic carbocycles. The van der Waals surface area contributed by atoms with Gasteiger partial charge in [-0.05, 0) is 45.4 Å². The molecule has 20 heavy (non-hydrogen) atoms. The van der Waals surface area contributed by atoms with Crippen LogP contribution in [0.2, 0.25) is 0 Å². The quantitative estimate of drug-likeness (QED) is 0.788. The first-order valence-corrected chi connectivity index (χ1v) is 8.56. The Morgan fingerprint density at radius 2 is 1.80 bits per heavy atom. The van der Waals surface area contributed by atoms with Crippen LogP contribution in [0.3, 0.4) is 0 Å². The Hall–Kier alpha value is -1.11. The van der Waals surface area contributed by atoms with Crippen molar-refractivity contribution in [2.45, 2.75) is 57.2 Å². The second-order valence-electron chi connectivity index (χ2n) is 5.97. The summed E-state index contributed by atoms with van der Waals surface area (Å²) in [6.07, 6.45) is 2.11. The third kappa shape index (κ3) is 3.94. The monoisotopic (exact) mass is 305 g/mol. The summed E-state index contributed by atoms with van der Waals surface area (Å²) < 4.78 is 23.4. The van der Waals surface area contributed by atoms with Crippen molar-refractivity contribution in [3.8, 4) is 0 Å². The number of carbonyl (C=O) groups is 2. The van der Waals surface area contributed by atoms with Crippen LogP contribution in [-0.4, -0.2) is 41.9 Å². The van der Waals surface area contributed by atoms with Gasteiger partial charge < -0.3 is 10.4 Å². The number of hydrogen-bond acceptors (Lipinski definition) is 4. The molecule has 0 bridgehead atoms. The van der Waals surface area contributed by atoms with Crippen molar-refractivity contribution in [1.82, 2.24) is 5.32 Å². The fourth-order valence-electron chi connectivity index (χ4n) is 2.30. The van der Waals surface area contributed by atoms with Crippen LogP contribution in [0.4, 0.5) is 0 Å². The second kappa shape index (κ2) is 6.11. The lowest BCUT2D eigenvalue weighted by Gasteiger charge is -2.36. The zero-order valence-electron chi connectivity index (χ0n) is 12.2. The molecule has 1 fully saturated rings. The zero-order chi connectivity index (χ0) is 15.6. The first-order valence-electron chi connectivity index (χ1n) is 6.85. The van der Waals surface area contributed by atoms with Crippen LogP contribution >= 0.6 is 0 Å². The molecule has 0 unspecified atom stereocenters. The Labute approximate surface area is 119 Å². The Kier molecular flexibility index (Phi) is 5.18. The fraction of sp³-hybridized carbons (Fsp3) is 0.846. The summed E-state index contributed by atoms with van der Waals surface area (Å²) in [5, 5.41) is 11.2. The van der Waals surface area contributed by atoms with Gasteiger partial charge in [-0.3, -0.25) is 4.79 Å². The molecule has 0 heterocycles. The Balaban J connectivity index is 2.78. The van der Waals surface area contributed by atoms with Gasteiger partial charge in [0, 0.05) is 0 Å². The SMILES string of the molecule is CC1CCC(NC(=O)CS(=O)(=O)C(C)C)(C(=O)O)CC1. The van der Waals surface area contributed by atoms with E-state index in [-0.39, 0.29) is 0 Å². The average molecular weight is 305 g/mol. The van der Waals surface area contributed by atoms with E-state index >= 15 is 0 Å². The van der Waals surface area contributed by atoms with Crippen molar-refractivity contribution in [3.05, 3.63) is 0 Å². The highest BCUT2D eigenvalue weighted by Gasteiger charge is 2.43. The predicted octanol–water partition coefficient (Wildman–Crippen LogP) is 0.959. The first kappa shape index (κ1) is 16.9. The first-order chi connectivity index (χ1) is 9.09. The minimum Gasteiger partial charge on any atom is -0.480 e. The largest absolute Gasteiger partial charge is 0.480 e. The number of carboxylic acid groups (broad SMARTS) is 1. The smallest absolute Gasteiger partial charge is 0.329 e. The Bertz CT molecular complexity index is 475. The molecule has 0 saturated heterocycles. The Morgan fingerprint density at radius 3 is 2.20 bits per heavy atom. The van der Waals surface area contributed by atoms with E-state index in [0.29, 0.717) is 31.6 Å². The third-order valence-corrected chi connectivity index (χ3v) is 6.07. The predicted molar refractivity (Wildman–Crippen MR) is 75.1 cm³/mol. The van der Waals surface area contributed by atoms with E-state index in [1.807, 2.05) is 6.92 Å². The van der Waals surface area contributed by atoms with Crippen molar-refractivity contribution in [3.63, 3.8) is 0 Å². The number of hydrogen-bond donors (Lipinski definition) is 2. The molecule has 0 radical (unpaired) electrons. The van der Waals surface area contributed by atoms with Crippen LogP contribution in [0, 0.1) is 5.92 Å². The number of amides is 1. The maximum atomic E-state index is 11.9. The number of aliphatic carboxylic acids is 1. The minimum atomic E-state index is -3.52. The van der Waals surface area contributed by atoms with E-state index in [2.05, 4.69) is 5.32 Å². The molecule has 1 amide bonds. The van der Waals surface area contributed by atoms with E-state index in [4.69, 9.17) is 0 Å². The van der Waals surface area contributed by atoms with Crippen LogP contribution < -0.4 is 5.32 Å². The molecule has 2 N–H and O–H groups in total. The van der Waals surface area contributed by atoms with E-state index in [0.717, 1.165) is 0 Å². The number of rotatable bonds is 5. The van der Waals surface area contributed by atoms with Gasteiger partial charge in [0.15, 0.2) is 9.84 Å². The molecule has 1 saturated carbocycles. The molecule has 0 aliphatic heterocycles. The maximum Gasteiger partial charge on any atom is 0.329 e. The molecule has 1 aliphatic rings. The molecule has 1 rings (SSSR count). The molecule has 0 aromatic heterocycles. The van der Waals surface area contributed by atoms with E-state index in [1.165, 1.54) is 13.8 Å². The number of sulfone groups is 1. The second-order valence-corrected chi connectivity index (χ2v) is 8.53. The van der Waals surface area contributed by atoms with Crippen molar-refractivity contribution in [1.29, 1.82) is 0 Å². The van der Waals surface area contributed by atoms with Crippen molar-refractivity contribution >= 4 is 21.7 Å². The van der Waals surface area contributed by atoms with Gasteiger partial charge >= 0.3 is 5.97 Å². The van der Waals surface area contributed by atoms with Crippen LogP contribution in [0.15, 0.2) is 0 Å². The highest BCUT2D eigenvalue weighted by Crippen LogP contribution is 2.32. The summed E-state index contributed by atoms with van der Waals surface area (Å²) in [5.74, 6) is -2.04. The van der Waals surface area contributed by atoms with Gasteiger partial charge in [-0.15, -0.1) is 0 Å². The van der Waals surface area contributed by atoms with Crippen LogP contribution in [0.25, 0.3) is 0 Å².